The van der Waals surface area contributed by atoms with Gasteiger partial charge in [0.2, 0.25) is 0 Å². The summed E-state index contributed by atoms with van der Waals surface area (Å²) in [7, 11) is 1.56. The first-order valence-electron chi connectivity index (χ1n) is 8.13. The molecule has 1 aliphatic rings. The molecule has 24 heavy (non-hydrogen) atoms. The Morgan fingerprint density at radius 3 is 2.92 bits per heavy atom. The van der Waals surface area contributed by atoms with Crippen LogP contribution in [0.3, 0.4) is 0 Å². The summed E-state index contributed by atoms with van der Waals surface area (Å²) < 4.78 is 24.2. The molecule has 0 bridgehead atoms. The van der Waals surface area contributed by atoms with E-state index in [1.54, 1.807) is 19.2 Å². The lowest BCUT2D eigenvalue weighted by Crippen LogP contribution is -2.41. The number of nitrogens with one attached hydrogen (secondary N) is 2. The predicted molar refractivity (Wildman–Crippen MR) is 104 cm³/mol. The molecule has 5 nitrogen and oxygen atoms in total. The van der Waals surface area contributed by atoms with Crippen LogP contribution < -0.4 is 10.6 Å². The van der Waals surface area contributed by atoms with E-state index in [-0.39, 0.29) is 42.5 Å². The van der Waals surface area contributed by atoms with Gasteiger partial charge in [-0.2, -0.15) is 0 Å². The summed E-state index contributed by atoms with van der Waals surface area (Å²) >= 11 is 0. The number of guanidine groups is 1. The molecule has 2 N–H and O–H groups in total. The number of rotatable bonds is 7. The first-order chi connectivity index (χ1) is 11.2. The molecular formula is C17H27FIN3O2. The number of halogens is 2. The standard InChI is InChI=1S/C17H26FN3O2.HI/c1-3-19-17(21-11-15-5-4-8-23-15)20-10-13-6-7-16(18)14(9-13)12-22-2;/h6-7,9,15H,3-5,8,10-12H2,1-2H3,(H2,19,20,21);1H. The van der Waals surface area contributed by atoms with Gasteiger partial charge >= 0.3 is 0 Å². The smallest absolute Gasteiger partial charge is 0.191 e. The molecule has 1 heterocycles. The average molecular weight is 451 g/mol. The van der Waals surface area contributed by atoms with Gasteiger partial charge in [0.05, 0.1) is 19.3 Å². The molecule has 2 rings (SSSR count). The van der Waals surface area contributed by atoms with Gasteiger partial charge < -0.3 is 20.1 Å². The zero-order valence-corrected chi connectivity index (χ0v) is 16.6. The fraction of sp³-hybridized carbons (Fsp3) is 0.588. The van der Waals surface area contributed by atoms with Crippen molar-refractivity contribution in [2.24, 2.45) is 4.99 Å². The van der Waals surface area contributed by atoms with E-state index in [1.165, 1.54) is 6.07 Å². The van der Waals surface area contributed by atoms with Crippen molar-refractivity contribution in [3.63, 3.8) is 0 Å². The SMILES string of the molecule is CCNC(=NCc1ccc(F)c(COC)c1)NCC1CCCO1.I. The molecule has 0 aromatic heterocycles. The summed E-state index contributed by atoms with van der Waals surface area (Å²) in [6, 6.07) is 5.01. The maximum absolute atomic E-state index is 13.6. The maximum atomic E-state index is 13.6. The van der Waals surface area contributed by atoms with Gasteiger partial charge in [0, 0.05) is 32.4 Å². The summed E-state index contributed by atoms with van der Waals surface area (Å²) in [6.07, 6.45) is 2.47. The van der Waals surface area contributed by atoms with Crippen molar-refractivity contribution in [2.75, 3.05) is 26.8 Å². The summed E-state index contributed by atoms with van der Waals surface area (Å²) in [5, 5.41) is 6.51. The molecule has 1 saturated heterocycles. The summed E-state index contributed by atoms with van der Waals surface area (Å²) in [4.78, 5) is 4.55. The normalized spacial score (nSPS) is 17.5. The molecule has 0 amide bonds. The molecule has 1 unspecified atom stereocenters. The minimum atomic E-state index is -0.247. The highest BCUT2D eigenvalue weighted by molar-refractivity contribution is 14.0. The Bertz CT molecular complexity index is 523. The molecule has 1 aliphatic heterocycles. The number of methoxy groups -OCH3 is 1. The minimum Gasteiger partial charge on any atom is -0.380 e. The predicted octanol–water partition coefficient (Wildman–Crippen LogP) is 2.82. The Morgan fingerprint density at radius 1 is 1.42 bits per heavy atom. The maximum Gasteiger partial charge on any atom is 0.191 e. The number of benzene rings is 1. The highest BCUT2D eigenvalue weighted by Gasteiger charge is 2.15. The molecule has 0 aliphatic carbocycles. The first-order valence-corrected chi connectivity index (χ1v) is 8.13. The Labute approximate surface area is 160 Å². The molecule has 1 aromatic carbocycles. The fourth-order valence-corrected chi connectivity index (χ4v) is 2.52. The van der Waals surface area contributed by atoms with E-state index in [1.807, 2.05) is 6.92 Å². The fourth-order valence-electron chi connectivity index (χ4n) is 2.52. The molecule has 136 valence electrons. The Hall–Kier alpha value is -0.930. The largest absolute Gasteiger partial charge is 0.380 e. The quantitative estimate of drug-likeness (QED) is 0.381. The summed E-state index contributed by atoms with van der Waals surface area (Å²) in [5.41, 5.74) is 1.50. The Morgan fingerprint density at radius 2 is 2.25 bits per heavy atom. The van der Waals surface area contributed by atoms with Gasteiger partial charge in [-0.05, 0) is 37.5 Å². The average Bonchev–Trinajstić information content (AvgIpc) is 3.06. The third kappa shape index (κ3) is 6.90. The Kier molecular flexibility index (Phi) is 10.2. The van der Waals surface area contributed by atoms with Gasteiger partial charge in [-0.1, -0.05) is 6.07 Å². The zero-order valence-electron chi connectivity index (χ0n) is 14.3. The minimum absolute atomic E-state index is 0. The third-order valence-electron chi connectivity index (χ3n) is 3.70. The van der Waals surface area contributed by atoms with Gasteiger partial charge in [-0.25, -0.2) is 9.38 Å². The van der Waals surface area contributed by atoms with Crippen molar-refractivity contribution in [1.82, 2.24) is 10.6 Å². The van der Waals surface area contributed by atoms with Gasteiger partial charge in [0.1, 0.15) is 5.82 Å². The second kappa shape index (κ2) is 11.6. The lowest BCUT2D eigenvalue weighted by molar-refractivity contribution is 0.114. The number of hydrogen-bond donors (Lipinski definition) is 2. The van der Waals surface area contributed by atoms with Crippen molar-refractivity contribution < 1.29 is 13.9 Å². The van der Waals surface area contributed by atoms with E-state index in [4.69, 9.17) is 9.47 Å². The van der Waals surface area contributed by atoms with Crippen LogP contribution in [0.4, 0.5) is 4.39 Å². The van der Waals surface area contributed by atoms with Crippen LogP contribution in [0.2, 0.25) is 0 Å². The molecule has 0 saturated carbocycles. The van der Waals surface area contributed by atoms with Crippen LogP contribution >= 0.6 is 24.0 Å². The van der Waals surface area contributed by atoms with Gasteiger partial charge in [0.25, 0.3) is 0 Å². The molecule has 1 fully saturated rings. The van der Waals surface area contributed by atoms with Crippen molar-refractivity contribution in [2.45, 2.75) is 39.0 Å². The second-order valence-electron chi connectivity index (χ2n) is 5.57. The highest BCUT2D eigenvalue weighted by Crippen LogP contribution is 2.13. The van der Waals surface area contributed by atoms with Crippen molar-refractivity contribution in [3.05, 3.63) is 35.1 Å². The second-order valence-corrected chi connectivity index (χ2v) is 5.57. The van der Waals surface area contributed by atoms with Crippen LogP contribution in [-0.2, 0) is 22.6 Å². The van der Waals surface area contributed by atoms with E-state index in [0.717, 1.165) is 44.1 Å². The van der Waals surface area contributed by atoms with E-state index in [2.05, 4.69) is 15.6 Å². The highest BCUT2D eigenvalue weighted by atomic mass is 127. The lowest BCUT2D eigenvalue weighted by atomic mass is 10.1. The number of nitrogens with zero attached hydrogens (tertiary/aromatic N) is 1. The monoisotopic (exact) mass is 451 g/mol. The van der Waals surface area contributed by atoms with Crippen LogP contribution in [0, 0.1) is 5.82 Å². The van der Waals surface area contributed by atoms with Gasteiger partial charge in [-0.15, -0.1) is 24.0 Å². The van der Waals surface area contributed by atoms with E-state index >= 15 is 0 Å². The number of hydrogen-bond acceptors (Lipinski definition) is 3. The first kappa shape index (κ1) is 21.1. The molecule has 1 atom stereocenters. The van der Waals surface area contributed by atoms with E-state index in [9.17, 15) is 4.39 Å². The van der Waals surface area contributed by atoms with Crippen LogP contribution in [0.15, 0.2) is 23.2 Å². The Balaban J connectivity index is 0.00000288. The van der Waals surface area contributed by atoms with Crippen LogP contribution in [0.5, 0.6) is 0 Å². The third-order valence-corrected chi connectivity index (χ3v) is 3.70. The molecule has 7 heteroatoms. The van der Waals surface area contributed by atoms with E-state index in [0.29, 0.717) is 12.1 Å². The summed E-state index contributed by atoms with van der Waals surface area (Å²) in [6.45, 7) is 5.16. The lowest BCUT2D eigenvalue weighted by Gasteiger charge is -2.15. The van der Waals surface area contributed by atoms with Crippen LogP contribution in [-0.4, -0.2) is 38.9 Å². The molecule has 1 aromatic rings. The van der Waals surface area contributed by atoms with Crippen LogP contribution in [0.1, 0.15) is 30.9 Å². The topological polar surface area (TPSA) is 54.9 Å². The molecular weight excluding hydrogens is 424 g/mol. The number of ether oxygens (including phenoxy) is 2. The van der Waals surface area contributed by atoms with Crippen molar-refractivity contribution >= 4 is 29.9 Å². The molecule has 0 spiro atoms. The number of aliphatic imine (C=N–C) groups is 1. The van der Waals surface area contributed by atoms with Gasteiger partial charge in [0.15, 0.2) is 5.96 Å². The summed E-state index contributed by atoms with van der Waals surface area (Å²) in [5.74, 6) is 0.503. The van der Waals surface area contributed by atoms with Crippen molar-refractivity contribution in [3.8, 4) is 0 Å². The van der Waals surface area contributed by atoms with Crippen LogP contribution in [0.25, 0.3) is 0 Å². The van der Waals surface area contributed by atoms with E-state index < -0.39 is 0 Å². The van der Waals surface area contributed by atoms with Gasteiger partial charge in [-0.3, -0.25) is 0 Å². The van der Waals surface area contributed by atoms with Crippen molar-refractivity contribution in [1.29, 1.82) is 0 Å². The molecule has 0 radical (unpaired) electrons. The zero-order chi connectivity index (χ0) is 16.5.